The van der Waals surface area contributed by atoms with Crippen molar-refractivity contribution in [3.05, 3.63) is 22.8 Å². The molecule has 0 bridgehead atoms. The van der Waals surface area contributed by atoms with Crippen molar-refractivity contribution in [3.63, 3.8) is 0 Å². The van der Waals surface area contributed by atoms with Gasteiger partial charge in [-0.05, 0) is 18.9 Å². The molecule has 17 heavy (non-hydrogen) atoms. The average molecular weight is 253 g/mol. The fourth-order valence-electron chi connectivity index (χ4n) is 2.14. The van der Waals surface area contributed by atoms with E-state index >= 15 is 0 Å². The van der Waals surface area contributed by atoms with Crippen LogP contribution >= 0.6 is 11.6 Å². The Morgan fingerprint density at radius 3 is 2.53 bits per heavy atom. The molecule has 0 aliphatic carbocycles. The number of hydrogen-bond acceptors (Lipinski definition) is 3. The number of nitrogens with zero attached hydrogens (tertiary/aromatic N) is 2. The Balaban J connectivity index is 2.30. The molecule has 92 valence electrons. The number of hydrogen-bond donors (Lipinski definition) is 2. The monoisotopic (exact) mass is 252 g/mol. The van der Waals surface area contributed by atoms with Crippen molar-refractivity contribution in [1.29, 1.82) is 5.41 Å². The van der Waals surface area contributed by atoms with Gasteiger partial charge in [-0.15, -0.1) is 0 Å². The molecule has 1 aliphatic heterocycles. The summed E-state index contributed by atoms with van der Waals surface area (Å²) >= 11 is 6.27. The summed E-state index contributed by atoms with van der Waals surface area (Å²) in [6.45, 7) is 1.96. The quantitative estimate of drug-likeness (QED) is 0.627. The zero-order valence-electron chi connectivity index (χ0n) is 9.75. The van der Waals surface area contributed by atoms with Gasteiger partial charge in [0.1, 0.15) is 11.7 Å². The Morgan fingerprint density at radius 2 is 1.94 bits per heavy atom. The largest absolute Gasteiger partial charge is 0.384 e. The molecule has 3 N–H and O–H groups in total. The van der Waals surface area contributed by atoms with Gasteiger partial charge >= 0.3 is 0 Å². The maximum Gasteiger partial charge on any atom is 0.148 e. The summed E-state index contributed by atoms with van der Waals surface area (Å²) in [5.74, 6) is 0.759. The zero-order valence-corrected chi connectivity index (χ0v) is 10.5. The fraction of sp³-hybridized carbons (Fsp3) is 0.500. The average Bonchev–Trinajstić information content (AvgIpc) is 2.57. The first kappa shape index (κ1) is 12.2. The van der Waals surface area contributed by atoms with Crippen molar-refractivity contribution in [2.75, 3.05) is 18.0 Å². The van der Waals surface area contributed by atoms with Gasteiger partial charge in [-0.3, -0.25) is 5.41 Å². The number of aromatic nitrogens is 1. The van der Waals surface area contributed by atoms with Crippen molar-refractivity contribution in [3.8, 4) is 0 Å². The summed E-state index contributed by atoms with van der Waals surface area (Å²) in [5, 5.41) is 7.98. The molecule has 0 atom stereocenters. The molecule has 0 amide bonds. The van der Waals surface area contributed by atoms with E-state index in [0.29, 0.717) is 10.6 Å². The second-order valence-electron chi connectivity index (χ2n) is 4.31. The molecule has 1 saturated heterocycles. The summed E-state index contributed by atoms with van der Waals surface area (Å²) < 4.78 is 0. The van der Waals surface area contributed by atoms with Gasteiger partial charge in [-0.2, -0.15) is 0 Å². The minimum atomic E-state index is -0.00604. The Bertz CT molecular complexity index is 411. The molecule has 1 fully saturated rings. The molecule has 1 aromatic rings. The first-order chi connectivity index (χ1) is 8.20. The topological polar surface area (TPSA) is 66.0 Å². The Kier molecular flexibility index (Phi) is 3.84. The molecule has 0 unspecified atom stereocenters. The Morgan fingerprint density at radius 1 is 1.29 bits per heavy atom. The van der Waals surface area contributed by atoms with E-state index in [2.05, 4.69) is 9.88 Å². The molecule has 1 aliphatic rings. The van der Waals surface area contributed by atoms with Crippen LogP contribution in [-0.4, -0.2) is 23.9 Å². The normalized spacial score (nSPS) is 16.6. The number of halogens is 1. The Labute approximate surface area is 106 Å². The maximum atomic E-state index is 7.48. The van der Waals surface area contributed by atoms with Crippen LogP contribution in [0.15, 0.2) is 12.3 Å². The first-order valence-corrected chi connectivity index (χ1v) is 6.32. The smallest absolute Gasteiger partial charge is 0.148 e. The van der Waals surface area contributed by atoms with E-state index in [1.807, 2.05) is 0 Å². The third kappa shape index (κ3) is 2.69. The highest BCUT2D eigenvalue weighted by atomic mass is 35.5. The van der Waals surface area contributed by atoms with Crippen LogP contribution in [0.5, 0.6) is 0 Å². The summed E-state index contributed by atoms with van der Waals surface area (Å²) in [6.07, 6.45) is 6.54. The molecular formula is C12H17ClN4. The maximum absolute atomic E-state index is 7.48. The van der Waals surface area contributed by atoms with Gasteiger partial charge in [0.25, 0.3) is 0 Å². The second kappa shape index (κ2) is 5.36. The third-order valence-electron chi connectivity index (χ3n) is 3.07. The number of anilines is 1. The first-order valence-electron chi connectivity index (χ1n) is 5.94. The number of pyridine rings is 1. The van der Waals surface area contributed by atoms with Crippen LogP contribution < -0.4 is 10.6 Å². The zero-order chi connectivity index (χ0) is 12.3. The lowest BCUT2D eigenvalue weighted by Gasteiger charge is -2.23. The van der Waals surface area contributed by atoms with E-state index in [-0.39, 0.29) is 5.84 Å². The highest BCUT2D eigenvalue weighted by Crippen LogP contribution is 2.28. The standard InChI is InChI=1S/C12H17ClN4/c13-10-9(11(14)15)5-6-16-12(10)17-7-3-1-2-4-8-17/h5-6H,1-4,7-8H2,(H3,14,15). The Hall–Kier alpha value is -1.29. The van der Waals surface area contributed by atoms with E-state index in [9.17, 15) is 0 Å². The van der Waals surface area contributed by atoms with Gasteiger partial charge in [-0.25, -0.2) is 4.98 Å². The molecule has 2 heterocycles. The molecule has 0 spiro atoms. The van der Waals surface area contributed by atoms with Crippen molar-refractivity contribution < 1.29 is 0 Å². The number of rotatable bonds is 2. The van der Waals surface area contributed by atoms with Crippen LogP contribution in [0, 0.1) is 5.41 Å². The predicted octanol–water partition coefficient (Wildman–Crippen LogP) is 2.40. The van der Waals surface area contributed by atoms with E-state index in [4.69, 9.17) is 22.7 Å². The lowest BCUT2D eigenvalue weighted by molar-refractivity contribution is 0.726. The van der Waals surface area contributed by atoms with E-state index in [1.165, 1.54) is 25.7 Å². The van der Waals surface area contributed by atoms with Gasteiger partial charge in [0.2, 0.25) is 0 Å². The van der Waals surface area contributed by atoms with Gasteiger partial charge in [0.05, 0.1) is 5.02 Å². The number of nitrogen functional groups attached to an aromatic ring is 1. The highest BCUT2D eigenvalue weighted by molar-refractivity contribution is 6.36. The molecule has 4 nitrogen and oxygen atoms in total. The predicted molar refractivity (Wildman–Crippen MR) is 70.9 cm³/mol. The van der Waals surface area contributed by atoms with Crippen molar-refractivity contribution in [1.82, 2.24) is 4.98 Å². The molecule has 2 rings (SSSR count). The highest BCUT2D eigenvalue weighted by Gasteiger charge is 2.17. The summed E-state index contributed by atoms with van der Waals surface area (Å²) in [5.41, 5.74) is 6.07. The van der Waals surface area contributed by atoms with Gasteiger partial charge < -0.3 is 10.6 Å². The SMILES string of the molecule is N=C(N)c1ccnc(N2CCCCCC2)c1Cl. The lowest BCUT2D eigenvalue weighted by Crippen LogP contribution is -2.26. The molecule has 0 radical (unpaired) electrons. The molecule has 1 aromatic heterocycles. The van der Waals surface area contributed by atoms with Gasteiger partial charge in [0, 0.05) is 24.8 Å². The van der Waals surface area contributed by atoms with Crippen LogP contribution in [0.25, 0.3) is 0 Å². The minimum absolute atomic E-state index is 0.00604. The third-order valence-corrected chi connectivity index (χ3v) is 3.44. The van der Waals surface area contributed by atoms with E-state index in [0.717, 1.165) is 18.9 Å². The summed E-state index contributed by atoms with van der Waals surface area (Å²) in [6, 6.07) is 1.69. The van der Waals surface area contributed by atoms with Crippen LogP contribution in [0.1, 0.15) is 31.2 Å². The molecule has 5 heteroatoms. The van der Waals surface area contributed by atoms with E-state index in [1.54, 1.807) is 12.3 Å². The van der Waals surface area contributed by atoms with Crippen LogP contribution in [-0.2, 0) is 0 Å². The molecular weight excluding hydrogens is 236 g/mol. The van der Waals surface area contributed by atoms with Crippen molar-refractivity contribution in [2.45, 2.75) is 25.7 Å². The molecule has 0 saturated carbocycles. The number of nitrogens with one attached hydrogen (secondary N) is 1. The summed E-state index contributed by atoms with van der Waals surface area (Å²) in [7, 11) is 0. The number of amidine groups is 1. The number of nitrogens with two attached hydrogens (primary N) is 1. The van der Waals surface area contributed by atoms with Crippen LogP contribution in [0.3, 0.4) is 0 Å². The van der Waals surface area contributed by atoms with Gasteiger partial charge in [-0.1, -0.05) is 24.4 Å². The summed E-state index contributed by atoms with van der Waals surface area (Å²) in [4.78, 5) is 6.52. The van der Waals surface area contributed by atoms with Crippen molar-refractivity contribution in [2.24, 2.45) is 5.73 Å². The van der Waals surface area contributed by atoms with Gasteiger partial charge in [0.15, 0.2) is 0 Å². The lowest BCUT2D eigenvalue weighted by atomic mass is 10.2. The van der Waals surface area contributed by atoms with Crippen LogP contribution in [0.2, 0.25) is 5.02 Å². The van der Waals surface area contributed by atoms with Crippen LogP contribution in [0.4, 0.5) is 5.82 Å². The fourth-order valence-corrected chi connectivity index (χ4v) is 2.48. The van der Waals surface area contributed by atoms with E-state index < -0.39 is 0 Å². The second-order valence-corrected chi connectivity index (χ2v) is 4.69. The molecule has 0 aromatic carbocycles. The van der Waals surface area contributed by atoms with Crippen molar-refractivity contribution >= 4 is 23.3 Å². The minimum Gasteiger partial charge on any atom is -0.384 e.